The highest BCUT2D eigenvalue weighted by Gasteiger charge is 2.55. The molecule has 0 bridgehead atoms. The first-order valence-electron chi connectivity index (χ1n) is 19.4. The number of hydrogen-bond donors (Lipinski definition) is 1. The van der Waals surface area contributed by atoms with Gasteiger partial charge in [0.15, 0.2) is 5.79 Å². The van der Waals surface area contributed by atoms with Crippen LogP contribution < -0.4 is 5.32 Å². The minimum absolute atomic E-state index is 0.0398. The fourth-order valence-corrected chi connectivity index (χ4v) is 8.72. The second-order valence-corrected chi connectivity index (χ2v) is 22.9. The number of ether oxygens (including phenoxy) is 3. The zero-order valence-electron chi connectivity index (χ0n) is 32.2. The lowest BCUT2D eigenvalue weighted by Crippen LogP contribution is -2.39. The first-order valence-corrected chi connectivity index (χ1v) is 23.1. The maximum atomic E-state index is 13.7. The normalized spacial score (nSPS) is 23.2. The zero-order chi connectivity index (χ0) is 37.7. The third kappa shape index (κ3) is 8.77. The van der Waals surface area contributed by atoms with Crippen LogP contribution in [0, 0.1) is 5.92 Å². The van der Waals surface area contributed by atoms with Gasteiger partial charge in [0.2, 0.25) is 0 Å². The summed E-state index contributed by atoms with van der Waals surface area (Å²) in [7, 11) is -1.32. The molecule has 7 rings (SSSR count). The van der Waals surface area contributed by atoms with Gasteiger partial charge in [0.25, 0.3) is 0 Å². The molecule has 3 fully saturated rings. The maximum absolute atomic E-state index is 13.7. The smallest absolute Gasteiger partial charge is 0.367 e. The number of imidazole rings is 1. The van der Waals surface area contributed by atoms with Gasteiger partial charge >= 0.3 is 6.18 Å². The zero-order valence-corrected chi connectivity index (χ0v) is 33.2. The summed E-state index contributed by atoms with van der Waals surface area (Å²) in [5.74, 6) is 1.25. The number of anilines is 1. The predicted octanol–water partition coefficient (Wildman–Crippen LogP) is 8.50. The molecule has 2 saturated carbocycles. The number of fused-ring (bicyclic) bond motifs is 3. The summed E-state index contributed by atoms with van der Waals surface area (Å²) in [5, 5.41) is 4.60. The average molecular weight is 756 g/mol. The molecule has 2 aliphatic carbocycles. The monoisotopic (exact) mass is 755 g/mol. The van der Waals surface area contributed by atoms with Crippen LogP contribution in [0.1, 0.15) is 77.2 Å². The molecule has 4 atom stereocenters. The van der Waals surface area contributed by atoms with Crippen molar-refractivity contribution < 1.29 is 27.4 Å². The molecule has 0 radical (unpaired) electrons. The average Bonchev–Trinajstić information content (AvgIpc) is 3.37. The fourth-order valence-electron chi connectivity index (χ4n) is 7.96. The molecule has 0 spiro atoms. The highest BCUT2D eigenvalue weighted by Crippen LogP contribution is 2.48. The molecule has 3 aliphatic rings. The Bertz CT molecular complexity index is 1880. The largest absolute Gasteiger partial charge is 0.416 e. The van der Waals surface area contributed by atoms with Crippen molar-refractivity contribution in [3.8, 4) is 0 Å². The number of unbranched alkanes of at least 4 members (excludes halogenated alkanes) is 1. The Kier molecular flexibility index (Phi) is 10.7. The van der Waals surface area contributed by atoms with E-state index >= 15 is 0 Å². The molecule has 1 saturated heterocycles. The van der Waals surface area contributed by atoms with Crippen molar-refractivity contribution in [2.45, 2.75) is 141 Å². The standard InChI is InChI=1S/C39H56F3N7O3Si/c1-25(2)47(16-9-8-10-33-46-30-14-11-27(39(40,41)42)21-31(30)49(33)24-50-18-19-53(5,6)7)22-26-20-32(35-34(26)51-38(3,4)52-35)48-17-15-29-36(45-28-12-13-28)43-23-44-37(29)48/h11,14-15,17,21,23,25-26,28,32,34-35H,8-10,12-13,16,18-20,22,24H2,1-7H3,(H,43,44,45)/t26-,32-,34-,35+/m1/s1. The number of rotatable bonds is 16. The summed E-state index contributed by atoms with van der Waals surface area (Å²) in [6, 6.07) is 7.81. The van der Waals surface area contributed by atoms with Gasteiger partial charge in [-0.25, -0.2) is 15.0 Å². The lowest BCUT2D eigenvalue weighted by atomic mass is 10.0. The molecule has 1 aromatic carbocycles. The van der Waals surface area contributed by atoms with Gasteiger partial charge in [0.1, 0.15) is 36.5 Å². The van der Waals surface area contributed by atoms with Gasteiger partial charge in [-0.1, -0.05) is 19.6 Å². The van der Waals surface area contributed by atoms with Gasteiger partial charge in [-0.05, 0) is 96.7 Å². The Labute approximate surface area is 311 Å². The van der Waals surface area contributed by atoms with E-state index in [2.05, 4.69) is 65.5 Å². The van der Waals surface area contributed by atoms with E-state index in [0.717, 1.165) is 67.1 Å². The van der Waals surface area contributed by atoms with Crippen LogP contribution in [-0.2, 0) is 33.5 Å². The number of nitrogens with one attached hydrogen (secondary N) is 1. The quantitative estimate of drug-likeness (QED) is 0.0900. The van der Waals surface area contributed by atoms with Crippen molar-refractivity contribution in [1.82, 2.24) is 29.0 Å². The Morgan fingerprint density at radius 2 is 1.85 bits per heavy atom. The van der Waals surface area contributed by atoms with Crippen molar-refractivity contribution >= 4 is 36.0 Å². The molecule has 14 heteroatoms. The Morgan fingerprint density at radius 1 is 1.08 bits per heavy atom. The van der Waals surface area contributed by atoms with Crippen LogP contribution in [0.4, 0.5) is 19.0 Å². The number of hydrogen-bond acceptors (Lipinski definition) is 8. The summed E-state index contributed by atoms with van der Waals surface area (Å²) in [4.78, 5) is 16.6. The molecule has 3 aromatic heterocycles. The first kappa shape index (κ1) is 38.2. The van der Waals surface area contributed by atoms with E-state index in [4.69, 9.17) is 24.2 Å². The van der Waals surface area contributed by atoms with E-state index < -0.39 is 25.6 Å². The van der Waals surface area contributed by atoms with Gasteiger partial charge in [0.05, 0.1) is 34.1 Å². The molecule has 1 aliphatic heterocycles. The minimum atomic E-state index is -4.42. The Balaban J connectivity index is 1.02. The van der Waals surface area contributed by atoms with Crippen LogP contribution in [0.15, 0.2) is 36.8 Å². The van der Waals surface area contributed by atoms with Crippen LogP contribution in [-0.4, -0.2) is 86.8 Å². The van der Waals surface area contributed by atoms with Crippen molar-refractivity contribution in [2.75, 3.05) is 25.0 Å². The number of aryl methyl sites for hydroxylation is 1. The summed E-state index contributed by atoms with van der Waals surface area (Å²) in [6.07, 6.45) is 4.92. The van der Waals surface area contributed by atoms with Crippen molar-refractivity contribution in [2.24, 2.45) is 5.92 Å². The Hall–Kier alpha value is -3.04. The van der Waals surface area contributed by atoms with Crippen LogP contribution in [0.25, 0.3) is 22.1 Å². The van der Waals surface area contributed by atoms with Crippen LogP contribution in [0.3, 0.4) is 0 Å². The van der Waals surface area contributed by atoms with Crippen molar-refractivity contribution in [3.05, 3.63) is 48.2 Å². The number of benzene rings is 1. The minimum Gasteiger partial charge on any atom is -0.367 e. The molecule has 0 amide bonds. The first-order chi connectivity index (χ1) is 25.1. The lowest BCUT2D eigenvalue weighted by molar-refractivity contribution is -0.161. The van der Waals surface area contributed by atoms with Crippen LogP contribution in [0.2, 0.25) is 25.7 Å². The van der Waals surface area contributed by atoms with E-state index in [9.17, 15) is 13.2 Å². The summed E-state index contributed by atoms with van der Waals surface area (Å²) >= 11 is 0. The summed E-state index contributed by atoms with van der Waals surface area (Å²) < 4.78 is 64.3. The second kappa shape index (κ2) is 14.9. The van der Waals surface area contributed by atoms with E-state index in [0.29, 0.717) is 36.1 Å². The number of nitrogens with zero attached hydrogens (tertiary/aromatic N) is 6. The molecular weight excluding hydrogens is 700 g/mol. The van der Waals surface area contributed by atoms with E-state index in [1.807, 2.05) is 18.4 Å². The molecule has 4 aromatic rings. The van der Waals surface area contributed by atoms with E-state index in [1.54, 1.807) is 6.33 Å². The van der Waals surface area contributed by atoms with Gasteiger partial charge in [-0.15, -0.1) is 0 Å². The van der Waals surface area contributed by atoms with Gasteiger partial charge < -0.3 is 33.6 Å². The van der Waals surface area contributed by atoms with E-state index in [1.165, 1.54) is 25.0 Å². The highest BCUT2D eigenvalue weighted by atomic mass is 28.3. The summed E-state index contributed by atoms with van der Waals surface area (Å²) in [6.45, 7) is 17.9. The van der Waals surface area contributed by atoms with Crippen molar-refractivity contribution in [1.29, 1.82) is 0 Å². The molecule has 10 nitrogen and oxygen atoms in total. The molecule has 53 heavy (non-hydrogen) atoms. The third-order valence-corrected chi connectivity index (χ3v) is 12.7. The van der Waals surface area contributed by atoms with Crippen LogP contribution in [0.5, 0.6) is 0 Å². The van der Waals surface area contributed by atoms with Crippen LogP contribution >= 0.6 is 0 Å². The SMILES string of the molecule is CC(C)N(CCCCc1nc2ccc(C(F)(F)F)cc2n1COCC[Si](C)(C)C)C[C@H]1C[C@@H](n2ccc3c(NC4CC4)ncnc32)[C@@H]2OC(C)(C)O[C@H]12. The molecular formula is C39H56F3N7O3Si. The van der Waals surface area contributed by atoms with Crippen molar-refractivity contribution in [3.63, 3.8) is 0 Å². The summed E-state index contributed by atoms with van der Waals surface area (Å²) in [5.41, 5.74) is 1.28. The topological polar surface area (TPSA) is 91.5 Å². The Morgan fingerprint density at radius 3 is 2.57 bits per heavy atom. The predicted molar refractivity (Wildman–Crippen MR) is 204 cm³/mol. The van der Waals surface area contributed by atoms with E-state index in [-0.39, 0.29) is 30.9 Å². The number of alkyl halides is 3. The number of aromatic nitrogens is 5. The highest BCUT2D eigenvalue weighted by molar-refractivity contribution is 6.76. The molecule has 4 heterocycles. The van der Waals surface area contributed by atoms with Gasteiger partial charge in [0, 0.05) is 51.8 Å². The fraction of sp³-hybridized carbons (Fsp3) is 0.667. The number of halogens is 3. The van der Waals surface area contributed by atoms with Gasteiger partial charge in [-0.3, -0.25) is 0 Å². The lowest BCUT2D eigenvalue weighted by Gasteiger charge is -2.31. The molecule has 1 N–H and O–H groups in total. The third-order valence-electron chi connectivity index (χ3n) is 11.0. The maximum Gasteiger partial charge on any atom is 0.416 e. The molecule has 0 unspecified atom stereocenters. The molecule has 290 valence electrons. The second-order valence-electron chi connectivity index (χ2n) is 17.3. The van der Waals surface area contributed by atoms with Gasteiger partial charge in [-0.2, -0.15) is 13.2 Å².